The second-order valence-corrected chi connectivity index (χ2v) is 11.5. The zero-order chi connectivity index (χ0) is 30.5. The van der Waals surface area contributed by atoms with Gasteiger partial charge in [0.2, 0.25) is 0 Å². The lowest BCUT2D eigenvalue weighted by Gasteiger charge is -2.17. The lowest BCUT2D eigenvalue weighted by atomic mass is 9.86. The van der Waals surface area contributed by atoms with Gasteiger partial charge in [0.15, 0.2) is 5.82 Å². The summed E-state index contributed by atoms with van der Waals surface area (Å²) >= 11 is 0. The van der Waals surface area contributed by atoms with Gasteiger partial charge in [0, 0.05) is 51.6 Å². The van der Waals surface area contributed by atoms with Gasteiger partial charge < -0.3 is 0 Å². The molecule has 0 unspecified atom stereocenters. The Kier molecular flexibility index (Phi) is 6.10. The molecule has 0 aliphatic carbocycles. The number of aromatic nitrogens is 4. The summed E-state index contributed by atoms with van der Waals surface area (Å²) in [5.41, 5.74) is 9.37. The molecule has 214 valence electrons. The fraction of sp³-hybridized carbons (Fsp3) is 0. The molecule has 0 fully saturated rings. The van der Waals surface area contributed by atoms with Crippen LogP contribution in [0.4, 0.5) is 0 Å². The van der Waals surface area contributed by atoms with Crippen LogP contribution in [0.5, 0.6) is 0 Å². The minimum atomic E-state index is 0.722. The van der Waals surface area contributed by atoms with Crippen molar-refractivity contribution >= 4 is 43.4 Å². The summed E-state index contributed by atoms with van der Waals surface area (Å²) in [7, 11) is 0. The summed E-state index contributed by atoms with van der Waals surface area (Å²) in [5, 5.41) is 6.91. The Balaban J connectivity index is 1.18. The molecule has 0 aliphatic rings. The predicted molar refractivity (Wildman–Crippen MR) is 189 cm³/mol. The van der Waals surface area contributed by atoms with Crippen LogP contribution in [0.3, 0.4) is 0 Å². The Bertz CT molecular complexity index is 2500. The molecule has 46 heavy (non-hydrogen) atoms. The highest BCUT2D eigenvalue weighted by Gasteiger charge is 2.17. The smallest absolute Gasteiger partial charge is 0.159 e. The molecule has 0 radical (unpaired) electrons. The monoisotopic (exact) mass is 586 g/mol. The molecule has 0 saturated carbocycles. The average molecular weight is 587 g/mol. The van der Waals surface area contributed by atoms with E-state index in [0.717, 1.165) is 61.1 Å². The van der Waals surface area contributed by atoms with Gasteiger partial charge in [-0.3, -0.25) is 4.98 Å². The Morgan fingerprint density at radius 3 is 1.54 bits per heavy atom. The normalized spacial score (nSPS) is 11.5. The highest BCUT2D eigenvalue weighted by atomic mass is 14.9. The first-order chi connectivity index (χ1) is 22.8. The first kappa shape index (κ1) is 26.2. The molecule has 9 aromatic rings. The van der Waals surface area contributed by atoms with Gasteiger partial charge in [0.05, 0.1) is 16.7 Å². The number of fused-ring (bicyclic) bond motifs is 5. The van der Waals surface area contributed by atoms with E-state index in [1.807, 2.05) is 55.0 Å². The van der Waals surface area contributed by atoms with Crippen LogP contribution < -0.4 is 0 Å². The van der Waals surface area contributed by atoms with Crippen molar-refractivity contribution in [2.24, 2.45) is 0 Å². The number of hydrogen-bond acceptors (Lipinski definition) is 4. The first-order valence-electron chi connectivity index (χ1n) is 15.4. The summed E-state index contributed by atoms with van der Waals surface area (Å²) in [4.78, 5) is 19.3. The quantitative estimate of drug-likeness (QED) is 0.152. The molecule has 0 aliphatic heterocycles. The molecule has 0 atom stereocenters. The van der Waals surface area contributed by atoms with Crippen molar-refractivity contribution in [1.82, 2.24) is 19.9 Å². The van der Waals surface area contributed by atoms with Gasteiger partial charge in [-0.05, 0) is 44.8 Å². The zero-order valence-electron chi connectivity index (χ0n) is 24.8. The van der Waals surface area contributed by atoms with Crippen LogP contribution in [-0.4, -0.2) is 19.9 Å². The van der Waals surface area contributed by atoms with Gasteiger partial charge in [-0.1, -0.05) is 127 Å². The van der Waals surface area contributed by atoms with Gasteiger partial charge in [0.1, 0.15) is 0 Å². The van der Waals surface area contributed by atoms with Crippen molar-refractivity contribution in [3.63, 3.8) is 0 Å². The fourth-order valence-electron chi connectivity index (χ4n) is 6.64. The third kappa shape index (κ3) is 4.31. The summed E-state index contributed by atoms with van der Waals surface area (Å²) in [6.45, 7) is 0. The van der Waals surface area contributed by atoms with Gasteiger partial charge >= 0.3 is 0 Å². The van der Waals surface area contributed by atoms with E-state index in [9.17, 15) is 0 Å². The topological polar surface area (TPSA) is 51.6 Å². The molecule has 0 N–H and O–H groups in total. The second kappa shape index (κ2) is 10.7. The van der Waals surface area contributed by atoms with E-state index in [1.54, 1.807) is 0 Å². The molecule has 0 saturated heterocycles. The number of rotatable bonds is 4. The third-order valence-corrected chi connectivity index (χ3v) is 8.81. The summed E-state index contributed by atoms with van der Waals surface area (Å²) in [6.07, 6.45) is 5.73. The van der Waals surface area contributed by atoms with E-state index in [2.05, 4.69) is 108 Å². The molecule has 3 aromatic heterocycles. The number of pyridine rings is 2. The highest BCUT2D eigenvalue weighted by molar-refractivity contribution is 6.21. The molecule has 3 heterocycles. The molecule has 6 aromatic carbocycles. The van der Waals surface area contributed by atoms with Gasteiger partial charge in [-0.2, -0.15) is 0 Å². The van der Waals surface area contributed by atoms with Crippen LogP contribution in [0.1, 0.15) is 0 Å². The molecular formula is C42H26N4. The maximum atomic E-state index is 5.07. The van der Waals surface area contributed by atoms with Crippen LogP contribution in [0, 0.1) is 0 Å². The van der Waals surface area contributed by atoms with Crippen LogP contribution in [0.2, 0.25) is 0 Å². The van der Waals surface area contributed by atoms with Crippen molar-refractivity contribution < 1.29 is 0 Å². The molecular weight excluding hydrogens is 560 g/mol. The molecule has 0 amide bonds. The third-order valence-electron chi connectivity index (χ3n) is 8.81. The molecule has 4 nitrogen and oxygen atoms in total. The van der Waals surface area contributed by atoms with Crippen LogP contribution >= 0.6 is 0 Å². The highest BCUT2D eigenvalue weighted by Crippen LogP contribution is 2.43. The van der Waals surface area contributed by atoms with Crippen molar-refractivity contribution in [2.75, 3.05) is 0 Å². The van der Waals surface area contributed by atoms with Crippen molar-refractivity contribution in [3.8, 4) is 44.9 Å². The average Bonchev–Trinajstić information content (AvgIpc) is 3.14. The van der Waals surface area contributed by atoms with Gasteiger partial charge in [-0.25, -0.2) is 15.0 Å². The summed E-state index contributed by atoms with van der Waals surface area (Å²) in [6, 6.07) is 48.7. The van der Waals surface area contributed by atoms with Gasteiger partial charge in [-0.15, -0.1) is 0 Å². The predicted octanol–water partition coefficient (Wildman–Crippen LogP) is 10.5. The molecule has 0 bridgehead atoms. The van der Waals surface area contributed by atoms with E-state index >= 15 is 0 Å². The Morgan fingerprint density at radius 1 is 0.348 bits per heavy atom. The number of hydrogen-bond donors (Lipinski definition) is 0. The van der Waals surface area contributed by atoms with Crippen LogP contribution in [-0.2, 0) is 0 Å². The van der Waals surface area contributed by atoms with Crippen LogP contribution in [0.25, 0.3) is 88.2 Å². The maximum absolute atomic E-state index is 5.07. The summed E-state index contributed by atoms with van der Waals surface area (Å²) < 4.78 is 0. The Hall–Kier alpha value is -6.26. The SMILES string of the molecule is c1ccc(-c2ncc(-c3c4ccccc4c(-c4ccc(-c5ccc6ccc7cccnc7c6n5)cc4)c4ccccc34)cn2)cc1. The lowest BCUT2D eigenvalue weighted by Crippen LogP contribution is -1.94. The molecule has 9 rings (SSSR count). The number of benzene rings is 6. The lowest BCUT2D eigenvalue weighted by molar-refractivity contribution is 1.18. The van der Waals surface area contributed by atoms with E-state index in [0.29, 0.717) is 0 Å². The zero-order valence-corrected chi connectivity index (χ0v) is 24.8. The van der Waals surface area contributed by atoms with Gasteiger partial charge in [0.25, 0.3) is 0 Å². The van der Waals surface area contributed by atoms with Crippen molar-refractivity contribution in [1.29, 1.82) is 0 Å². The summed E-state index contributed by atoms with van der Waals surface area (Å²) in [5.74, 6) is 0.722. The van der Waals surface area contributed by atoms with Crippen molar-refractivity contribution in [2.45, 2.75) is 0 Å². The van der Waals surface area contributed by atoms with Crippen molar-refractivity contribution in [3.05, 3.63) is 158 Å². The fourth-order valence-corrected chi connectivity index (χ4v) is 6.64. The minimum absolute atomic E-state index is 0.722. The van der Waals surface area contributed by atoms with E-state index in [-0.39, 0.29) is 0 Å². The largest absolute Gasteiger partial charge is 0.254 e. The second-order valence-electron chi connectivity index (χ2n) is 11.5. The molecule has 4 heteroatoms. The van der Waals surface area contributed by atoms with E-state index < -0.39 is 0 Å². The number of nitrogens with zero attached hydrogens (tertiary/aromatic N) is 4. The Morgan fingerprint density at radius 2 is 0.891 bits per heavy atom. The standard InChI is InChI=1S/C42H26N4/c1-2-9-31(10-3-1)42-44-25-32(26-45-42)39-35-14-6-4-12-33(35)38(34-13-5-7-15-36(34)39)28-18-16-27(17-19-28)37-23-22-30-21-20-29-11-8-24-43-40(29)41(30)46-37/h1-26H. The van der Waals surface area contributed by atoms with E-state index in [1.165, 1.54) is 27.1 Å². The maximum Gasteiger partial charge on any atom is 0.159 e. The minimum Gasteiger partial charge on any atom is -0.254 e. The first-order valence-corrected chi connectivity index (χ1v) is 15.4. The van der Waals surface area contributed by atoms with Crippen LogP contribution in [0.15, 0.2) is 158 Å². The Labute approximate surface area is 265 Å². The molecule has 0 spiro atoms. The van der Waals surface area contributed by atoms with E-state index in [4.69, 9.17) is 15.0 Å².